The largest absolute Gasteiger partial charge is 0.496 e. The van der Waals surface area contributed by atoms with Gasteiger partial charge >= 0.3 is 0 Å². The van der Waals surface area contributed by atoms with Gasteiger partial charge in [0.2, 0.25) is 0 Å². The van der Waals surface area contributed by atoms with Gasteiger partial charge in [-0.3, -0.25) is 0 Å². The highest BCUT2D eigenvalue weighted by atomic mass is 16.5. The average Bonchev–Trinajstić information content (AvgIpc) is 2.45. The number of rotatable bonds is 5. The van der Waals surface area contributed by atoms with Crippen LogP contribution >= 0.6 is 0 Å². The van der Waals surface area contributed by atoms with Gasteiger partial charge in [-0.1, -0.05) is 38.8 Å². The number of ether oxygens (including phenoxy) is 1. The zero-order valence-corrected chi connectivity index (χ0v) is 13.4. The maximum Gasteiger partial charge on any atom is 0.123 e. The summed E-state index contributed by atoms with van der Waals surface area (Å²) >= 11 is 0. The Morgan fingerprint density at radius 2 is 2.15 bits per heavy atom. The van der Waals surface area contributed by atoms with Crippen LogP contribution in [0.1, 0.15) is 56.7 Å². The molecule has 0 aromatic heterocycles. The average molecular weight is 275 g/mol. The van der Waals surface area contributed by atoms with E-state index in [1.54, 1.807) is 7.11 Å². The summed E-state index contributed by atoms with van der Waals surface area (Å²) in [6.07, 6.45) is 5.41. The van der Waals surface area contributed by atoms with Crippen molar-refractivity contribution in [2.45, 2.75) is 52.5 Å². The molecule has 3 unspecified atom stereocenters. The minimum absolute atomic E-state index is 0.429. The maximum atomic E-state index is 5.63. The molecule has 1 fully saturated rings. The first-order chi connectivity index (χ1) is 9.65. The van der Waals surface area contributed by atoms with Gasteiger partial charge in [0.1, 0.15) is 5.75 Å². The van der Waals surface area contributed by atoms with Crippen LogP contribution in [0.15, 0.2) is 18.2 Å². The zero-order chi connectivity index (χ0) is 14.5. The third-order valence-corrected chi connectivity index (χ3v) is 4.60. The molecular weight excluding hydrogens is 246 g/mol. The van der Waals surface area contributed by atoms with Gasteiger partial charge in [-0.2, -0.15) is 0 Å². The molecular formula is C18H29NO. The molecule has 1 aliphatic rings. The molecule has 2 nitrogen and oxygen atoms in total. The van der Waals surface area contributed by atoms with Crippen molar-refractivity contribution in [2.75, 3.05) is 13.7 Å². The Bertz CT molecular complexity index is 429. The highest BCUT2D eigenvalue weighted by molar-refractivity contribution is 5.39. The molecule has 0 saturated heterocycles. The lowest BCUT2D eigenvalue weighted by Gasteiger charge is -2.34. The fourth-order valence-corrected chi connectivity index (χ4v) is 3.61. The van der Waals surface area contributed by atoms with Crippen molar-refractivity contribution >= 4 is 0 Å². The smallest absolute Gasteiger partial charge is 0.123 e. The Hall–Kier alpha value is -1.02. The van der Waals surface area contributed by atoms with Crippen molar-refractivity contribution in [1.29, 1.82) is 0 Å². The van der Waals surface area contributed by atoms with Crippen molar-refractivity contribution in [2.24, 2.45) is 11.8 Å². The number of nitrogens with one attached hydrogen (secondary N) is 1. The molecule has 2 rings (SSSR count). The van der Waals surface area contributed by atoms with Gasteiger partial charge in [-0.05, 0) is 49.8 Å². The first-order valence-electron chi connectivity index (χ1n) is 8.03. The second kappa shape index (κ2) is 7.12. The molecule has 1 aliphatic carbocycles. The van der Waals surface area contributed by atoms with Crippen molar-refractivity contribution in [1.82, 2.24) is 5.32 Å². The lowest BCUT2D eigenvalue weighted by Crippen LogP contribution is -2.31. The van der Waals surface area contributed by atoms with Crippen molar-refractivity contribution in [3.8, 4) is 5.75 Å². The molecule has 1 saturated carbocycles. The molecule has 3 atom stereocenters. The molecule has 20 heavy (non-hydrogen) atoms. The Morgan fingerprint density at radius 1 is 1.35 bits per heavy atom. The number of benzene rings is 1. The van der Waals surface area contributed by atoms with E-state index in [1.165, 1.54) is 36.8 Å². The van der Waals surface area contributed by atoms with Gasteiger partial charge in [0.05, 0.1) is 7.11 Å². The predicted molar refractivity (Wildman–Crippen MR) is 85.3 cm³/mol. The van der Waals surface area contributed by atoms with E-state index in [1.807, 2.05) is 0 Å². The van der Waals surface area contributed by atoms with Gasteiger partial charge in [-0.25, -0.2) is 0 Å². The van der Waals surface area contributed by atoms with Crippen LogP contribution in [0.25, 0.3) is 0 Å². The zero-order valence-electron chi connectivity index (χ0n) is 13.4. The van der Waals surface area contributed by atoms with E-state index in [2.05, 4.69) is 44.3 Å². The number of hydrogen-bond acceptors (Lipinski definition) is 2. The summed E-state index contributed by atoms with van der Waals surface area (Å²) in [5, 5.41) is 3.70. The molecule has 0 radical (unpaired) electrons. The van der Waals surface area contributed by atoms with E-state index >= 15 is 0 Å². The third kappa shape index (κ3) is 3.54. The fraction of sp³-hybridized carbons (Fsp3) is 0.667. The molecule has 0 aliphatic heterocycles. The number of aryl methyl sites for hydroxylation is 1. The van der Waals surface area contributed by atoms with Gasteiger partial charge in [0.15, 0.2) is 0 Å². The van der Waals surface area contributed by atoms with Crippen LogP contribution in [0.5, 0.6) is 5.75 Å². The quantitative estimate of drug-likeness (QED) is 0.855. The number of hydrogen-bond donors (Lipinski definition) is 1. The molecule has 1 aromatic rings. The maximum absolute atomic E-state index is 5.63. The second-order valence-corrected chi connectivity index (χ2v) is 6.31. The highest BCUT2D eigenvalue weighted by Crippen LogP contribution is 2.40. The van der Waals surface area contributed by atoms with Gasteiger partial charge in [0.25, 0.3) is 0 Å². The minimum Gasteiger partial charge on any atom is -0.496 e. The van der Waals surface area contributed by atoms with E-state index in [0.29, 0.717) is 6.04 Å². The van der Waals surface area contributed by atoms with E-state index < -0.39 is 0 Å². The Morgan fingerprint density at radius 3 is 2.80 bits per heavy atom. The van der Waals surface area contributed by atoms with Crippen molar-refractivity contribution in [3.63, 3.8) is 0 Å². The van der Waals surface area contributed by atoms with E-state index in [-0.39, 0.29) is 0 Å². The Kier molecular flexibility index (Phi) is 5.47. The summed E-state index contributed by atoms with van der Waals surface area (Å²) in [4.78, 5) is 0. The summed E-state index contributed by atoms with van der Waals surface area (Å²) in [5.74, 6) is 2.62. The predicted octanol–water partition coefficient (Wildman–Crippen LogP) is 4.48. The normalized spacial score (nSPS) is 24.4. The molecule has 112 valence electrons. The van der Waals surface area contributed by atoms with E-state index in [4.69, 9.17) is 4.74 Å². The Balaban J connectivity index is 2.27. The van der Waals surface area contributed by atoms with Gasteiger partial charge < -0.3 is 10.1 Å². The monoisotopic (exact) mass is 275 g/mol. The molecule has 0 heterocycles. The first-order valence-corrected chi connectivity index (χ1v) is 8.03. The SMILES string of the molecule is CCNC(c1ccc(C)cc1OC)C1CCCC(C)C1. The standard InChI is InChI=1S/C18H29NO/c1-5-19-18(15-8-6-7-13(2)11-15)16-10-9-14(3)12-17(16)20-4/h9-10,12-13,15,18-19H,5-8,11H2,1-4H3. The first kappa shape index (κ1) is 15.4. The molecule has 0 amide bonds. The van der Waals surface area contributed by atoms with Crippen molar-refractivity contribution in [3.05, 3.63) is 29.3 Å². The fourth-order valence-electron chi connectivity index (χ4n) is 3.61. The Labute approximate surface area is 123 Å². The number of methoxy groups -OCH3 is 1. The van der Waals surface area contributed by atoms with E-state index in [9.17, 15) is 0 Å². The molecule has 0 bridgehead atoms. The highest BCUT2D eigenvalue weighted by Gasteiger charge is 2.29. The van der Waals surface area contributed by atoms with Crippen LogP contribution in [0.4, 0.5) is 0 Å². The van der Waals surface area contributed by atoms with Crippen LogP contribution in [0.2, 0.25) is 0 Å². The summed E-state index contributed by atoms with van der Waals surface area (Å²) in [6.45, 7) is 7.71. The molecule has 2 heteroatoms. The van der Waals surface area contributed by atoms with Crippen molar-refractivity contribution < 1.29 is 4.74 Å². The van der Waals surface area contributed by atoms with Crippen LogP contribution in [0, 0.1) is 18.8 Å². The van der Waals surface area contributed by atoms with Crippen LogP contribution in [-0.4, -0.2) is 13.7 Å². The summed E-state index contributed by atoms with van der Waals surface area (Å²) in [6, 6.07) is 7.04. The second-order valence-electron chi connectivity index (χ2n) is 6.31. The van der Waals surface area contributed by atoms with Crippen LogP contribution in [0.3, 0.4) is 0 Å². The lowest BCUT2D eigenvalue weighted by molar-refractivity contribution is 0.222. The van der Waals surface area contributed by atoms with Gasteiger partial charge in [-0.15, -0.1) is 0 Å². The molecule has 1 aromatic carbocycles. The third-order valence-electron chi connectivity index (χ3n) is 4.60. The van der Waals surface area contributed by atoms with Crippen LogP contribution < -0.4 is 10.1 Å². The minimum atomic E-state index is 0.429. The summed E-state index contributed by atoms with van der Waals surface area (Å²) < 4.78 is 5.63. The van der Waals surface area contributed by atoms with E-state index in [0.717, 1.165) is 24.1 Å². The summed E-state index contributed by atoms with van der Waals surface area (Å²) in [5.41, 5.74) is 2.59. The van der Waals surface area contributed by atoms with Crippen LogP contribution in [-0.2, 0) is 0 Å². The molecule has 1 N–H and O–H groups in total. The topological polar surface area (TPSA) is 21.3 Å². The summed E-state index contributed by atoms with van der Waals surface area (Å²) in [7, 11) is 1.78. The lowest BCUT2D eigenvalue weighted by atomic mass is 9.76. The van der Waals surface area contributed by atoms with Gasteiger partial charge in [0, 0.05) is 11.6 Å². The molecule has 0 spiro atoms.